The molecule has 0 aliphatic heterocycles. The van der Waals surface area contributed by atoms with Gasteiger partial charge in [0.25, 0.3) is 0 Å². The normalized spacial score (nSPS) is 11.1. The van der Waals surface area contributed by atoms with Gasteiger partial charge in [-0.25, -0.2) is 0 Å². The maximum atomic E-state index is 5.89. The van der Waals surface area contributed by atoms with Crippen LogP contribution in [0.15, 0.2) is 103 Å². The number of methoxy groups -OCH3 is 2. The van der Waals surface area contributed by atoms with Crippen LogP contribution >= 0.6 is 0 Å². The molecule has 1 heterocycles. The van der Waals surface area contributed by atoms with Crippen molar-refractivity contribution in [3.05, 3.63) is 126 Å². The van der Waals surface area contributed by atoms with Crippen LogP contribution in [0.25, 0.3) is 0 Å². The molecule has 0 aliphatic carbocycles. The molecule has 0 fully saturated rings. The molecule has 0 unspecified atom stereocenters. The van der Waals surface area contributed by atoms with Gasteiger partial charge in [0.15, 0.2) is 11.5 Å². The van der Waals surface area contributed by atoms with E-state index in [9.17, 15) is 0 Å². The monoisotopic (exact) mass is 381 g/mol. The first-order valence-corrected chi connectivity index (χ1v) is 9.56. The molecule has 0 amide bonds. The van der Waals surface area contributed by atoms with E-state index in [1.54, 1.807) is 14.2 Å². The summed E-state index contributed by atoms with van der Waals surface area (Å²) < 4.78 is 11.5. The zero-order chi connectivity index (χ0) is 20.1. The van der Waals surface area contributed by atoms with Crippen LogP contribution in [0.3, 0.4) is 0 Å². The minimum Gasteiger partial charge on any atom is -0.493 e. The maximum Gasteiger partial charge on any atom is 0.165 e. The van der Waals surface area contributed by atoms with Crippen molar-refractivity contribution in [2.45, 2.75) is 5.41 Å². The Morgan fingerprint density at radius 2 is 1.24 bits per heavy atom. The number of nitrogens with zero attached hydrogens (tertiary/aromatic N) is 1. The molecule has 3 heteroatoms. The van der Waals surface area contributed by atoms with Crippen molar-refractivity contribution >= 4 is 0 Å². The lowest BCUT2D eigenvalue weighted by Gasteiger charge is -2.36. The van der Waals surface area contributed by atoms with Crippen molar-refractivity contribution < 1.29 is 9.47 Å². The molecule has 4 rings (SSSR count). The largest absolute Gasteiger partial charge is 0.493 e. The molecule has 0 spiro atoms. The fraction of sp³-hybridized carbons (Fsp3) is 0.115. The summed E-state index contributed by atoms with van der Waals surface area (Å²) in [7, 11) is 3.34. The Bertz CT molecular complexity index is 967. The molecular formula is C26H23NO2. The van der Waals surface area contributed by atoms with Crippen molar-refractivity contribution in [2.24, 2.45) is 0 Å². The lowest BCUT2D eigenvalue weighted by Crippen LogP contribution is -2.32. The summed E-state index contributed by atoms with van der Waals surface area (Å²) in [5.41, 5.74) is 3.45. The van der Waals surface area contributed by atoms with E-state index in [1.165, 1.54) is 0 Å². The van der Waals surface area contributed by atoms with Gasteiger partial charge in [0.1, 0.15) is 0 Å². The first-order valence-electron chi connectivity index (χ1n) is 9.56. The Labute approximate surface area is 171 Å². The predicted octanol–water partition coefficient (Wildman–Crippen LogP) is 5.48. The number of pyridine rings is 1. The Hall–Kier alpha value is -3.59. The van der Waals surface area contributed by atoms with E-state index in [0.717, 1.165) is 22.4 Å². The number of aromatic nitrogens is 1. The molecule has 4 aromatic rings. The molecule has 0 saturated heterocycles. The number of hydrogen-bond acceptors (Lipinski definition) is 3. The lowest BCUT2D eigenvalue weighted by molar-refractivity contribution is 0.348. The van der Waals surface area contributed by atoms with E-state index in [4.69, 9.17) is 14.5 Å². The van der Waals surface area contributed by atoms with Crippen LogP contribution in [0.1, 0.15) is 22.4 Å². The van der Waals surface area contributed by atoms with Crippen LogP contribution in [-0.4, -0.2) is 19.2 Å². The Morgan fingerprint density at radius 1 is 0.621 bits per heavy atom. The Balaban J connectivity index is 2.19. The fourth-order valence-electron chi connectivity index (χ4n) is 4.05. The third kappa shape index (κ3) is 3.15. The molecule has 0 bridgehead atoms. The van der Waals surface area contributed by atoms with Crippen molar-refractivity contribution in [1.29, 1.82) is 0 Å². The van der Waals surface area contributed by atoms with Crippen molar-refractivity contribution in [3.63, 3.8) is 0 Å². The van der Waals surface area contributed by atoms with Crippen LogP contribution in [0, 0.1) is 0 Å². The van der Waals surface area contributed by atoms with E-state index >= 15 is 0 Å². The highest BCUT2D eigenvalue weighted by molar-refractivity contribution is 5.64. The Kier molecular flexibility index (Phi) is 5.30. The number of ether oxygens (including phenoxy) is 2. The van der Waals surface area contributed by atoms with Gasteiger partial charge in [0, 0.05) is 11.8 Å². The highest BCUT2D eigenvalue weighted by Gasteiger charge is 2.42. The lowest BCUT2D eigenvalue weighted by atomic mass is 9.66. The predicted molar refractivity (Wildman–Crippen MR) is 116 cm³/mol. The van der Waals surface area contributed by atoms with Crippen LogP contribution in [-0.2, 0) is 5.41 Å². The van der Waals surface area contributed by atoms with Gasteiger partial charge >= 0.3 is 0 Å². The van der Waals surface area contributed by atoms with Gasteiger partial charge in [-0.15, -0.1) is 0 Å². The molecule has 0 N–H and O–H groups in total. The topological polar surface area (TPSA) is 31.4 Å². The molecule has 0 atom stereocenters. The summed E-state index contributed by atoms with van der Waals surface area (Å²) in [6, 6.07) is 32.9. The first-order chi connectivity index (χ1) is 14.3. The van der Waals surface area contributed by atoms with Crippen molar-refractivity contribution in [2.75, 3.05) is 14.2 Å². The quantitative estimate of drug-likeness (QED) is 0.414. The molecule has 3 nitrogen and oxygen atoms in total. The number of benzene rings is 3. The molecule has 0 radical (unpaired) electrons. The number of rotatable bonds is 6. The van der Waals surface area contributed by atoms with Gasteiger partial charge in [-0.1, -0.05) is 78.9 Å². The summed E-state index contributed by atoms with van der Waals surface area (Å²) in [5, 5.41) is 0. The molecule has 1 aromatic heterocycles. The average Bonchev–Trinajstić information content (AvgIpc) is 2.81. The average molecular weight is 381 g/mol. The summed E-state index contributed by atoms with van der Waals surface area (Å²) in [4.78, 5) is 4.81. The van der Waals surface area contributed by atoms with E-state index in [1.807, 2.05) is 42.6 Å². The minimum atomic E-state index is -0.663. The first kappa shape index (κ1) is 18.8. The van der Waals surface area contributed by atoms with Crippen molar-refractivity contribution in [1.82, 2.24) is 4.98 Å². The van der Waals surface area contributed by atoms with Crippen LogP contribution in [0.5, 0.6) is 11.5 Å². The SMILES string of the molecule is COc1cccc(C(c2ccccc2)(c2ccccc2)c2ccccn2)c1OC. The summed E-state index contributed by atoms with van der Waals surface area (Å²) in [5.74, 6) is 1.39. The molecular weight excluding hydrogens is 358 g/mol. The van der Waals surface area contributed by atoms with Gasteiger partial charge in [-0.3, -0.25) is 4.98 Å². The second-order valence-corrected chi connectivity index (χ2v) is 6.74. The molecule has 29 heavy (non-hydrogen) atoms. The number of hydrogen-bond donors (Lipinski definition) is 0. The van der Waals surface area contributed by atoms with E-state index in [-0.39, 0.29) is 0 Å². The van der Waals surface area contributed by atoms with Crippen molar-refractivity contribution in [3.8, 4) is 11.5 Å². The van der Waals surface area contributed by atoms with Gasteiger partial charge in [-0.05, 0) is 29.3 Å². The Morgan fingerprint density at radius 3 is 1.76 bits per heavy atom. The number of para-hydroxylation sites is 1. The van der Waals surface area contributed by atoms with Gasteiger partial charge < -0.3 is 9.47 Å². The van der Waals surface area contributed by atoms with Gasteiger partial charge in [0.05, 0.1) is 25.3 Å². The van der Waals surface area contributed by atoms with Crippen LogP contribution in [0.4, 0.5) is 0 Å². The zero-order valence-electron chi connectivity index (χ0n) is 16.6. The smallest absolute Gasteiger partial charge is 0.165 e. The highest BCUT2D eigenvalue weighted by Crippen LogP contribution is 2.49. The summed E-state index contributed by atoms with van der Waals surface area (Å²) in [6.45, 7) is 0. The third-order valence-corrected chi connectivity index (χ3v) is 5.27. The standard InChI is InChI=1S/C26H23NO2/c1-28-23-17-11-16-22(25(23)29-2)26(20-12-5-3-6-13-20,21-14-7-4-8-15-21)24-18-9-10-19-27-24/h3-19H,1-2H3. The van der Waals surface area contributed by atoms with Gasteiger partial charge in [-0.2, -0.15) is 0 Å². The van der Waals surface area contributed by atoms with E-state index in [2.05, 4.69) is 60.7 Å². The van der Waals surface area contributed by atoms with Gasteiger partial charge in [0.2, 0.25) is 0 Å². The molecule has 3 aromatic carbocycles. The summed E-state index contributed by atoms with van der Waals surface area (Å²) in [6.07, 6.45) is 1.84. The summed E-state index contributed by atoms with van der Waals surface area (Å²) >= 11 is 0. The molecule has 0 aliphatic rings. The van der Waals surface area contributed by atoms with E-state index < -0.39 is 5.41 Å². The molecule has 0 saturated carbocycles. The second-order valence-electron chi connectivity index (χ2n) is 6.74. The van der Waals surface area contributed by atoms with Crippen LogP contribution in [0.2, 0.25) is 0 Å². The second kappa shape index (κ2) is 8.19. The van der Waals surface area contributed by atoms with Crippen LogP contribution < -0.4 is 9.47 Å². The maximum absolute atomic E-state index is 5.89. The fourth-order valence-corrected chi connectivity index (χ4v) is 4.05. The molecule has 144 valence electrons. The highest BCUT2D eigenvalue weighted by atomic mass is 16.5. The minimum absolute atomic E-state index is 0.663. The van der Waals surface area contributed by atoms with E-state index in [0.29, 0.717) is 11.5 Å². The zero-order valence-corrected chi connectivity index (χ0v) is 16.6. The third-order valence-electron chi connectivity index (χ3n) is 5.27.